The van der Waals surface area contributed by atoms with Crippen LogP contribution in [0, 0.1) is 0 Å². The van der Waals surface area contributed by atoms with Crippen molar-refractivity contribution in [2.75, 3.05) is 10.7 Å². The molecule has 0 aromatic heterocycles. The van der Waals surface area contributed by atoms with Crippen LogP contribution in [0.15, 0.2) is 0 Å². The predicted octanol–water partition coefficient (Wildman–Crippen LogP) is -0.213. The van der Waals surface area contributed by atoms with E-state index in [1.807, 2.05) is 0 Å². The van der Waals surface area contributed by atoms with E-state index in [9.17, 15) is 19.8 Å². The van der Waals surface area contributed by atoms with Crippen LogP contribution in [0.3, 0.4) is 0 Å². The average Bonchev–Trinajstić information content (AvgIpc) is 2.15. The van der Waals surface area contributed by atoms with E-state index in [2.05, 4.69) is 63.7 Å². The number of carboxylic acids is 2. The van der Waals surface area contributed by atoms with Gasteiger partial charge in [-0.2, -0.15) is 0 Å². The van der Waals surface area contributed by atoms with Gasteiger partial charge in [-0.1, -0.05) is 63.7 Å². The van der Waals surface area contributed by atoms with Gasteiger partial charge in [0.05, 0.1) is 21.6 Å². The second-order valence-electron chi connectivity index (χ2n) is 1.88. The maximum atomic E-state index is 9.74. The van der Waals surface area contributed by atoms with E-state index in [4.69, 9.17) is 0 Å². The second kappa shape index (κ2) is 13.8. The monoisotopic (exact) mass is 572 g/mol. The third kappa shape index (κ3) is 15.8. The normalized spacial score (nSPS) is 12.5. The fraction of sp³-hybridized carbons (Fsp3) is 0.667. The van der Waals surface area contributed by atoms with E-state index in [1.165, 1.54) is 0 Å². The van der Waals surface area contributed by atoms with Gasteiger partial charge in [0.1, 0.15) is 0 Å². The van der Waals surface area contributed by atoms with Crippen molar-refractivity contribution < 1.29 is 47.1 Å². The first-order valence-electron chi connectivity index (χ1n) is 3.18. The molecule has 0 fully saturated rings. The van der Waals surface area contributed by atoms with E-state index < -0.39 is 21.6 Å². The molecule has 0 radical (unpaired) electrons. The van der Waals surface area contributed by atoms with E-state index in [0.717, 1.165) is 0 Å². The van der Waals surface area contributed by atoms with Gasteiger partial charge in [-0.25, -0.2) is 0 Å². The number of aliphatic carboxylic acids is 2. The van der Waals surface area contributed by atoms with Crippen molar-refractivity contribution in [1.82, 2.24) is 0 Å². The maximum absolute atomic E-state index is 9.74. The number of carbonyl (C=O) groups excluding carboxylic acids is 2. The molecule has 0 aliphatic carbocycles. The molecule has 2 unspecified atom stereocenters. The van der Waals surface area contributed by atoms with Gasteiger partial charge < -0.3 is 19.8 Å². The number of rotatable bonds is 4. The molecule has 0 saturated heterocycles. The summed E-state index contributed by atoms with van der Waals surface area (Å²) in [6, 6.07) is 0. The molecule has 9 heteroatoms. The minimum atomic E-state index is -1.09. The Hall–Kier alpha value is 1.78. The first kappa shape index (κ1) is 22.0. The van der Waals surface area contributed by atoms with Gasteiger partial charge in [0.25, 0.3) is 0 Å². The average molecular weight is 574 g/mol. The van der Waals surface area contributed by atoms with Crippen molar-refractivity contribution in [3.63, 3.8) is 0 Å². The smallest absolute Gasteiger partial charge is 0.549 e. The van der Waals surface area contributed by atoms with E-state index in [-0.39, 0.29) is 27.3 Å². The fourth-order valence-corrected chi connectivity index (χ4v) is 0.655. The third-order valence-corrected chi connectivity index (χ3v) is 5.21. The van der Waals surface area contributed by atoms with Crippen molar-refractivity contribution in [1.29, 1.82) is 0 Å². The maximum Gasteiger partial charge on any atom is 2.00 e. The zero-order valence-electron chi connectivity index (χ0n) is 7.42. The summed E-state index contributed by atoms with van der Waals surface area (Å²) in [5.74, 6) is -2.17. The number of hydrogen-bond donors (Lipinski definition) is 0. The molecule has 0 aromatic rings. The Balaban J connectivity index is -0.000000180. The molecule has 0 aromatic carbocycles. The largest absolute Gasteiger partial charge is 2.00 e. The minimum absolute atomic E-state index is 0. The quantitative estimate of drug-likeness (QED) is 0.344. The molecule has 0 amide bonds. The number of carboxylic acid groups (broad SMARTS) is 2. The SMILES string of the molecule is O=C([O-])C(Br)CBr.O=C([O-])C(Br)CBr.[Cd+2]. The Morgan fingerprint density at radius 3 is 1.13 bits per heavy atom. The van der Waals surface area contributed by atoms with Gasteiger partial charge in [-0.05, 0) is 0 Å². The zero-order chi connectivity index (χ0) is 11.7. The van der Waals surface area contributed by atoms with Crippen molar-refractivity contribution in [2.24, 2.45) is 0 Å². The van der Waals surface area contributed by atoms with Crippen molar-refractivity contribution in [3.8, 4) is 0 Å². The molecule has 15 heavy (non-hydrogen) atoms. The van der Waals surface area contributed by atoms with E-state index in [1.54, 1.807) is 0 Å². The van der Waals surface area contributed by atoms with Crippen LogP contribution in [-0.2, 0) is 36.9 Å². The topological polar surface area (TPSA) is 80.3 Å². The van der Waals surface area contributed by atoms with Gasteiger partial charge in [0.15, 0.2) is 0 Å². The Labute approximate surface area is 141 Å². The summed E-state index contributed by atoms with van der Waals surface area (Å²) in [5.41, 5.74) is 0. The summed E-state index contributed by atoms with van der Waals surface area (Å²) in [6.45, 7) is 0. The Bertz CT molecular complexity index is 172. The van der Waals surface area contributed by atoms with Gasteiger partial charge in [-0.3, -0.25) is 0 Å². The van der Waals surface area contributed by atoms with Crippen LogP contribution in [-0.4, -0.2) is 32.3 Å². The molecule has 0 spiro atoms. The summed E-state index contributed by atoms with van der Waals surface area (Å²) in [6.07, 6.45) is 0. The van der Waals surface area contributed by atoms with Gasteiger partial charge in [0.2, 0.25) is 0 Å². The first-order chi connectivity index (χ1) is 6.36. The first-order valence-corrected chi connectivity index (χ1v) is 7.26. The molecule has 0 aliphatic rings. The molecular weight excluding hydrogens is 568 g/mol. The Kier molecular flexibility index (Phi) is 20.3. The number of halogens is 4. The minimum Gasteiger partial charge on any atom is -0.549 e. The third-order valence-electron chi connectivity index (χ3n) is 0.782. The van der Waals surface area contributed by atoms with Crippen molar-refractivity contribution in [3.05, 3.63) is 0 Å². The predicted molar refractivity (Wildman–Crippen MR) is 63.0 cm³/mol. The molecule has 0 rings (SSSR count). The van der Waals surface area contributed by atoms with Crippen LogP contribution in [0.1, 0.15) is 0 Å². The number of alkyl halides is 4. The molecule has 0 aliphatic heterocycles. The number of carbonyl (C=O) groups is 2. The Morgan fingerprint density at radius 1 is 0.933 bits per heavy atom. The molecule has 0 heterocycles. The summed E-state index contributed by atoms with van der Waals surface area (Å²) in [7, 11) is 0. The zero-order valence-corrected chi connectivity index (χ0v) is 17.8. The summed E-state index contributed by atoms with van der Waals surface area (Å²) in [4.78, 5) is 18.4. The van der Waals surface area contributed by atoms with E-state index in [0.29, 0.717) is 10.7 Å². The molecule has 0 saturated carbocycles. The van der Waals surface area contributed by atoms with Gasteiger partial charge in [0, 0.05) is 10.7 Å². The van der Waals surface area contributed by atoms with Gasteiger partial charge >= 0.3 is 27.3 Å². The molecule has 84 valence electrons. The van der Waals surface area contributed by atoms with Crippen LogP contribution in [0.2, 0.25) is 0 Å². The second-order valence-corrected chi connectivity index (χ2v) is 5.39. The van der Waals surface area contributed by atoms with Gasteiger partial charge in [-0.15, -0.1) is 0 Å². The summed E-state index contributed by atoms with van der Waals surface area (Å²) in [5, 5.41) is 20.3. The summed E-state index contributed by atoms with van der Waals surface area (Å²) >= 11 is 11.6. The molecular formula is C6H6Br4CdO4. The molecule has 4 nitrogen and oxygen atoms in total. The number of hydrogen-bond acceptors (Lipinski definition) is 4. The van der Waals surface area contributed by atoms with Crippen LogP contribution in [0.4, 0.5) is 0 Å². The van der Waals surface area contributed by atoms with Crippen molar-refractivity contribution >= 4 is 75.7 Å². The van der Waals surface area contributed by atoms with E-state index >= 15 is 0 Å². The van der Waals surface area contributed by atoms with Crippen LogP contribution in [0.25, 0.3) is 0 Å². The fourth-order valence-electron chi connectivity index (χ4n) is 0.126. The Morgan fingerprint density at radius 2 is 1.13 bits per heavy atom. The summed E-state index contributed by atoms with van der Waals surface area (Å²) < 4.78 is 0. The van der Waals surface area contributed by atoms with Crippen molar-refractivity contribution in [2.45, 2.75) is 9.65 Å². The van der Waals surface area contributed by atoms with Crippen LogP contribution >= 0.6 is 63.7 Å². The molecule has 0 N–H and O–H groups in total. The standard InChI is InChI=1S/2C3H4Br2O2.Cd/c2*4-1-2(5)3(6)7;/h2*2H,1H2,(H,6,7);/q;;+2/p-2. The molecule has 0 bridgehead atoms. The van der Waals surface area contributed by atoms with Crippen LogP contribution < -0.4 is 10.2 Å². The van der Waals surface area contributed by atoms with Crippen LogP contribution in [0.5, 0.6) is 0 Å². The molecule has 2 atom stereocenters.